The van der Waals surface area contributed by atoms with Gasteiger partial charge in [-0.3, -0.25) is 0 Å². The van der Waals surface area contributed by atoms with E-state index >= 15 is 0 Å². The lowest BCUT2D eigenvalue weighted by molar-refractivity contribution is -0.135. The summed E-state index contributed by atoms with van der Waals surface area (Å²) in [5.74, 6) is 0. The largest absolute Gasteiger partial charge is 0.389 e. The highest BCUT2D eigenvalue weighted by Crippen LogP contribution is 2.21. The van der Waals surface area contributed by atoms with Gasteiger partial charge < -0.3 is 10.3 Å². The number of nitrogens with zero attached hydrogens (tertiary/aromatic N) is 1. The molecule has 0 aliphatic rings. The molecular weight excluding hydrogens is 193 g/mol. The summed E-state index contributed by atoms with van der Waals surface area (Å²) in [7, 11) is 0. The highest BCUT2D eigenvalue weighted by molar-refractivity contribution is 5.09. The summed E-state index contributed by atoms with van der Waals surface area (Å²) in [6.45, 7) is 0.811. The Labute approximate surface area is 80.5 Å². The summed E-state index contributed by atoms with van der Waals surface area (Å²) in [6, 6.07) is 1.81. The van der Waals surface area contributed by atoms with Crippen LogP contribution in [-0.4, -0.2) is 10.7 Å². The van der Waals surface area contributed by atoms with Gasteiger partial charge in [0.1, 0.15) is 0 Å². The van der Waals surface area contributed by atoms with Crippen molar-refractivity contribution < 1.29 is 13.2 Å². The molecule has 1 aromatic rings. The van der Waals surface area contributed by atoms with Crippen LogP contribution >= 0.6 is 0 Å². The second kappa shape index (κ2) is 4.50. The molecule has 14 heavy (non-hydrogen) atoms. The summed E-state index contributed by atoms with van der Waals surface area (Å²) in [5, 5.41) is 0. The number of alkyl halides is 3. The Morgan fingerprint density at radius 2 is 2.07 bits per heavy atom. The minimum absolute atomic E-state index is 0.113. The Morgan fingerprint density at radius 3 is 2.57 bits per heavy atom. The SMILES string of the molecule is NCc1ccn(CCCC(F)(F)F)c1. The van der Waals surface area contributed by atoms with E-state index < -0.39 is 12.6 Å². The molecule has 0 spiro atoms. The normalized spacial score (nSPS) is 12.0. The van der Waals surface area contributed by atoms with Gasteiger partial charge in [-0.1, -0.05) is 0 Å². The first kappa shape index (κ1) is 11.1. The van der Waals surface area contributed by atoms with Gasteiger partial charge >= 0.3 is 6.18 Å². The van der Waals surface area contributed by atoms with Gasteiger partial charge in [-0.15, -0.1) is 0 Å². The fourth-order valence-corrected chi connectivity index (χ4v) is 1.21. The summed E-state index contributed by atoms with van der Waals surface area (Å²) < 4.78 is 37.1. The van der Waals surface area contributed by atoms with Crippen LogP contribution in [0.5, 0.6) is 0 Å². The van der Waals surface area contributed by atoms with Crippen LogP contribution in [0, 0.1) is 0 Å². The van der Waals surface area contributed by atoms with E-state index in [1.54, 1.807) is 17.0 Å². The average Bonchev–Trinajstić information content (AvgIpc) is 2.50. The summed E-state index contributed by atoms with van der Waals surface area (Å²) in [5.41, 5.74) is 6.31. The first-order valence-corrected chi connectivity index (χ1v) is 4.43. The van der Waals surface area contributed by atoms with E-state index in [-0.39, 0.29) is 6.42 Å². The second-order valence-corrected chi connectivity index (χ2v) is 3.18. The molecule has 0 saturated carbocycles. The molecule has 0 fully saturated rings. The van der Waals surface area contributed by atoms with Crippen LogP contribution in [0.2, 0.25) is 0 Å². The molecule has 1 heterocycles. The predicted octanol–water partition coefficient (Wildman–Crippen LogP) is 2.29. The van der Waals surface area contributed by atoms with Gasteiger partial charge in [0.15, 0.2) is 0 Å². The summed E-state index contributed by atoms with van der Waals surface area (Å²) in [6.07, 6.45) is -1.15. The Kier molecular flexibility index (Phi) is 3.57. The third-order valence-corrected chi connectivity index (χ3v) is 1.92. The van der Waals surface area contributed by atoms with Gasteiger partial charge in [-0.05, 0) is 18.1 Å². The Bertz CT molecular complexity index is 278. The maximum Gasteiger partial charge on any atom is 0.389 e. The number of halogens is 3. The molecule has 0 unspecified atom stereocenters. The van der Waals surface area contributed by atoms with Crippen molar-refractivity contribution in [1.29, 1.82) is 0 Å². The van der Waals surface area contributed by atoms with E-state index in [0.29, 0.717) is 13.1 Å². The van der Waals surface area contributed by atoms with Crippen molar-refractivity contribution in [2.45, 2.75) is 32.1 Å². The summed E-state index contributed by atoms with van der Waals surface area (Å²) >= 11 is 0. The molecule has 0 atom stereocenters. The highest BCUT2D eigenvalue weighted by Gasteiger charge is 2.25. The molecule has 0 radical (unpaired) electrons. The monoisotopic (exact) mass is 206 g/mol. The molecule has 0 amide bonds. The number of aryl methyl sites for hydroxylation is 1. The van der Waals surface area contributed by atoms with E-state index in [1.165, 1.54) is 0 Å². The lowest BCUT2D eigenvalue weighted by Gasteiger charge is -2.06. The van der Waals surface area contributed by atoms with E-state index in [2.05, 4.69) is 0 Å². The highest BCUT2D eigenvalue weighted by atomic mass is 19.4. The van der Waals surface area contributed by atoms with Crippen molar-refractivity contribution in [1.82, 2.24) is 4.57 Å². The first-order valence-electron chi connectivity index (χ1n) is 4.43. The molecule has 1 rings (SSSR count). The molecule has 0 aliphatic carbocycles. The van der Waals surface area contributed by atoms with Crippen LogP contribution in [0.4, 0.5) is 13.2 Å². The topological polar surface area (TPSA) is 30.9 Å². The smallest absolute Gasteiger partial charge is 0.354 e. The van der Waals surface area contributed by atoms with Gasteiger partial charge in [0, 0.05) is 31.9 Å². The molecule has 0 aliphatic heterocycles. The standard InChI is InChI=1S/C9H13F3N2/c10-9(11,12)3-1-4-14-5-2-8(6-13)7-14/h2,5,7H,1,3-4,6,13H2. The Hall–Kier alpha value is -0.970. The van der Waals surface area contributed by atoms with Crippen molar-refractivity contribution in [2.24, 2.45) is 5.73 Å². The number of nitrogens with two attached hydrogens (primary N) is 1. The van der Waals surface area contributed by atoms with Gasteiger partial charge in [-0.25, -0.2) is 0 Å². The van der Waals surface area contributed by atoms with E-state index in [4.69, 9.17) is 5.73 Å². The van der Waals surface area contributed by atoms with Crippen LogP contribution < -0.4 is 5.73 Å². The van der Waals surface area contributed by atoms with E-state index in [0.717, 1.165) is 5.56 Å². The van der Waals surface area contributed by atoms with Crippen molar-refractivity contribution >= 4 is 0 Å². The second-order valence-electron chi connectivity index (χ2n) is 3.18. The number of hydrogen-bond donors (Lipinski definition) is 1. The molecule has 80 valence electrons. The third kappa shape index (κ3) is 3.83. The first-order chi connectivity index (χ1) is 6.51. The molecule has 2 nitrogen and oxygen atoms in total. The molecule has 2 N–H and O–H groups in total. The lowest BCUT2D eigenvalue weighted by atomic mass is 10.3. The van der Waals surface area contributed by atoms with E-state index in [9.17, 15) is 13.2 Å². The van der Waals surface area contributed by atoms with Crippen molar-refractivity contribution in [2.75, 3.05) is 0 Å². The van der Waals surface area contributed by atoms with E-state index in [1.807, 2.05) is 6.07 Å². The van der Waals surface area contributed by atoms with Crippen LogP contribution in [0.25, 0.3) is 0 Å². The molecule has 0 aromatic carbocycles. The average molecular weight is 206 g/mol. The Balaban J connectivity index is 2.31. The lowest BCUT2D eigenvalue weighted by Crippen LogP contribution is -2.08. The van der Waals surface area contributed by atoms with Crippen molar-refractivity contribution in [3.63, 3.8) is 0 Å². The fourth-order valence-electron chi connectivity index (χ4n) is 1.21. The number of hydrogen-bond acceptors (Lipinski definition) is 1. The quantitative estimate of drug-likeness (QED) is 0.805. The van der Waals surface area contributed by atoms with Crippen molar-refractivity contribution in [3.8, 4) is 0 Å². The van der Waals surface area contributed by atoms with Crippen molar-refractivity contribution in [3.05, 3.63) is 24.0 Å². The molecule has 5 heteroatoms. The minimum atomic E-state index is -4.05. The molecular formula is C9H13F3N2. The zero-order chi connectivity index (χ0) is 10.6. The van der Waals surface area contributed by atoms with Crippen LogP contribution in [0.3, 0.4) is 0 Å². The molecule has 0 saturated heterocycles. The van der Waals surface area contributed by atoms with Crippen LogP contribution in [-0.2, 0) is 13.1 Å². The van der Waals surface area contributed by atoms with Crippen LogP contribution in [0.15, 0.2) is 18.5 Å². The van der Waals surface area contributed by atoms with Gasteiger partial charge in [0.25, 0.3) is 0 Å². The maximum absolute atomic E-state index is 11.8. The van der Waals surface area contributed by atoms with Gasteiger partial charge in [0.2, 0.25) is 0 Å². The maximum atomic E-state index is 11.8. The molecule has 1 aromatic heterocycles. The Morgan fingerprint density at radius 1 is 1.36 bits per heavy atom. The number of rotatable bonds is 4. The van der Waals surface area contributed by atoms with Gasteiger partial charge in [0.05, 0.1) is 0 Å². The minimum Gasteiger partial charge on any atom is -0.354 e. The van der Waals surface area contributed by atoms with Crippen LogP contribution in [0.1, 0.15) is 18.4 Å². The third-order valence-electron chi connectivity index (χ3n) is 1.92. The number of aromatic nitrogens is 1. The summed E-state index contributed by atoms with van der Waals surface area (Å²) in [4.78, 5) is 0. The van der Waals surface area contributed by atoms with Gasteiger partial charge in [-0.2, -0.15) is 13.2 Å². The zero-order valence-electron chi connectivity index (χ0n) is 7.72. The molecule has 0 bridgehead atoms. The predicted molar refractivity (Wildman–Crippen MR) is 47.6 cm³/mol. The fraction of sp³-hybridized carbons (Fsp3) is 0.556. The zero-order valence-corrected chi connectivity index (χ0v) is 7.72.